The van der Waals surface area contributed by atoms with Crippen LogP contribution in [0.3, 0.4) is 0 Å². The lowest BCUT2D eigenvalue weighted by molar-refractivity contribution is -0.150. The molecule has 2 heterocycles. The van der Waals surface area contributed by atoms with E-state index in [4.69, 9.17) is 4.42 Å². The van der Waals surface area contributed by atoms with Crippen molar-refractivity contribution in [1.29, 1.82) is 0 Å². The van der Waals surface area contributed by atoms with Crippen molar-refractivity contribution in [3.05, 3.63) is 24.2 Å². The van der Waals surface area contributed by atoms with Crippen LogP contribution >= 0.6 is 0 Å². The van der Waals surface area contributed by atoms with Gasteiger partial charge in [-0.3, -0.25) is 4.79 Å². The third-order valence-electron chi connectivity index (χ3n) is 4.13. The SMILES string of the molecule is CC(Cc1ccco1)NC(=O)N1CCC(C)(C(=O)O)CC1. The summed E-state index contributed by atoms with van der Waals surface area (Å²) in [7, 11) is 0. The predicted molar refractivity (Wildman–Crippen MR) is 77.0 cm³/mol. The summed E-state index contributed by atoms with van der Waals surface area (Å²) in [5, 5.41) is 12.1. The first-order valence-corrected chi connectivity index (χ1v) is 7.22. The molecule has 1 aromatic rings. The van der Waals surface area contributed by atoms with Gasteiger partial charge in [-0.1, -0.05) is 0 Å². The summed E-state index contributed by atoms with van der Waals surface area (Å²) >= 11 is 0. The first-order valence-electron chi connectivity index (χ1n) is 7.22. The van der Waals surface area contributed by atoms with Gasteiger partial charge in [-0.05, 0) is 38.8 Å². The lowest BCUT2D eigenvalue weighted by Gasteiger charge is -2.36. The van der Waals surface area contributed by atoms with Crippen LogP contribution in [0.25, 0.3) is 0 Å². The fourth-order valence-corrected chi connectivity index (χ4v) is 2.50. The lowest BCUT2D eigenvalue weighted by Crippen LogP contribution is -2.50. The Bertz CT molecular complexity index is 490. The number of nitrogens with zero attached hydrogens (tertiary/aromatic N) is 1. The third-order valence-corrected chi connectivity index (χ3v) is 4.13. The number of rotatable bonds is 4. The lowest BCUT2D eigenvalue weighted by atomic mass is 9.80. The Hall–Kier alpha value is -1.98. The van der Waals surface area contributed by atoms with Gasteiger partial charge in [0.25, 0.3) is 0 Å². The van der Waals surface area contributed by atoms with E-state index in [0.29, 0.717) is 32.4 Å². The molecule has 0 radical (unpaired) electrons. The first-order chi connectivity index (χ1) is 9.90. The van der Waals surface area contributed by atoms with Crippen LogP contribution in [0.15, 0.2) is 22.8 Å². The highest BCUT2D eigenvalue weighted by Crippen LogP contribution is 2.30. The van der Waals surface area contributed by atoms with Crippen LogP contribution in [-0.4, -0.2) is 41.1 Å². The zero-order valence-corrected chi connectivity index (χ0v) is 12.5. The van der Waals surface area contributed by atoms with Gasteiger partial charge in [-0.25, -0.2) is 4.79 Å². The number of nitrogens with one attached hydrogen (secondary N) is 1. The average molecular weight is 294 g/mol. The Morgan fingerprint density at radius 2 is 2.14 bits per heavy atom. The van der Waals surface area contributed by atoms with Gasteiger partial charge in [0.05, 0.1) is 11.7 Å². The van der Waals surface area contributed by atoms with E-state index in [2.05, 4.69) is 5.32 Å². The zero-order chi connectivity index (χ0) is 15.5. The van der Waals surface area contributed by atoms with Crippen LogP contribution in [-0.2, 0) is 11.2 Å². The fraction of sp³-hybridized carbons (Fsp3) is 0.600. The summed E-state index contributed by atoms with van der Waals surface area (Å²) in [5.41, 5.74) is -0.712. The van der Waals surface area contributed by atoms with Crippen LogP contribution < -0.4 is 5.32 Å². The Labute approximate surface area is 124 Å². The van der Waals surface area contributed by atoms with Crippen molar-refractivity contribution in [3.63, 3.8) is 0 Å². The molecule has 1 aliphatic heterocycles. The summed E-state index contributed by atoms with van der Waals surface area (Å²) in [6.45, 7) is 4.61. The van der Waals surface area contributed by atoms with Crippen LogP contribution in [0.1, 0.15) is 32.4 Å². The highest BCUT2D eigenvalue weighted by molar-refractivity contribution is 5.77. The van der Waals surface area contributed by atoms with Crippen LogP contribution in [0.4, 0.5) is 4.79 Å². The summed E-state index contributed by atoms with van der Waals surface area (Å²) in [5.74, 6) is 0.0497. The molecule has 2 amide bonds. The smallest absolute Gasteiger partial charge is 0.317 e. The van der Waals surface area contributed by atoms with Crippen molar-refractivity contribution in [1.82, 2.24) is 10.2 Å². The highest BCUT2D eigenvalue weighted by atomic mass is 16.4. The molecule has 0 aromatic carbocycles. The Morgan fingerprint density at radius 1 is 1.48 bits per heavy atom. The molecule has 116 valence electrons. The number of carbonyl (C=O) groups is 2. The van der Waals surface area contributed by atoms with Gasteiger partial charge >= 0.3 is 12.0 Å². The van der Waals surface area contributed by atoms with E-state index >= 15 is 0 Å². The maximum atomic E-state index is 12.2. The summed E-state index contributed by atoms with van der Waals surface area (Å²) in [6, 6.07) is 3.53. The highest BCUT2D eigenvalue weighted by Gasteiger charge is 2.38. The molecular formula is C15H22N2O4. The second-order valence-electron chi connectivity index (χ2n) is 5.99. The number of urea groups is 1. The van der Waals surface area contributed by atoms with Crippen molar-refractivity contribution in [2.75, 3.05) is 13.1 Å². The number of hydrogen-bond donors (Lipinski definition) is 2. The largest absolute Gasteiger partial charge is 0.481 e. The molecule has 0 bridgehead atoms. The number of likely N-dealkylation sites (tertiary alicyclic amines) is 1. The number of carboxylic acid groups (broad SMARTS) is 1. The van der Waals surface area contributed by atoms with Gasteiger partial charge in [0.2, 0.25) is 0 Å². The molecule has 2 rings (SSSR count). The topological polar surface area (TPSA) is 82.8 Å². The number of furan rings is 1. The van der Waals surface area contributed by atoms with Gasteiger partial charge in [0.1, 0.15) is 5.76 Å². The number of carboxylic acids is 1. The van der Waals surface area contributed by atoms with Gasteiger partial charge in [0, 0.05) is 25.6 Å². The number of amides is 2. The first kappa shape index (κ1) is 15.4. The molecule has 1 atom stereocenters. The van der Waals surface area contributed by atoms with E-state index in [1.54, 1.807) is 18.1 Å². The van der Waals surface area contributed by atoms with E-state index in [-0.39, 0.29) is 12.1 Å². The van der Waals surface area contributed by atoms with E-state index in [1.807, 2.05) is 19.1 Å². The molecule has 1 aliphatic rings. The minimum absolute atomic E-state index is 0.0311. The maximum Gasteiger partial charge on any atom is 0.317 e. The summed E-state index contributed by atoms with van der Waals surface area (Å²) < 4.78 is 5.25. The molecule has 1 unspecified atom stereocenters. The van der Waals surface area contributed by atoms with Gasteiger partial charge in [-0.15, -0.1) is 0 Å². The molecule has 0 spiro atoms. The zero-order valence-electron chi connectivity index (χ0n) is 12.5. The minimum atomic E-state index is -0.784. The normalized spacial score (nSPS) is 19.0. The molecule has 1 saturated heterocycles. The molecule has 0 saturated carbocycles. The van der Waals surface area contributed by atoms with Crippen LogP contribution in [0, 0.1) is 5.41 Å². The monoisotopic (exact) mass is 294 g/mol. The molecule has 0 aliphatic carbocycles. The van der Waals surface area contributed by atoms with Crippen molar-refractivity contribution in [2.45, 2.75) is 39.2 Å². The van der Waals surface area contributed by atoms with E-state index < -0.39 is 11.4 Å². The molecular weight excluding hydrogens is 272 g/mol. The van der Waals surface area contributed by atoms with E-state index in [1.165, 1.54) is 0 Å². The average Bonchev–Trinajstić information content (AvgIpc) is 2.91. The Morgan fingerprint density at radius 3 is 2.67 bits per heavy atom. The second-order valence-corrected chi connectivity index (χ2v) is 5.99. The molecule has 1 aromatic heterocycles. The number of aliphatic carboxylic acids is 1. The minimum Gasteiger partial charge on any atom is -0.481 e. The van der Waals surface area contributed by atoms with Crippen molar-refractivity contribution < 1.29 is 19.1 Å². The Kier molecular flexibility index (Phi) is 4.55. The Balaban J connectivity index is 1.81. The van der Waals surface area contributed by atoms with Gasteiger partial charge in [-0.2, -0.15) is 0 Å². The van der Waals surface area contributed by atoms with Crippen molar-refractivity contribution in [3.8, 4) is 0 Å². The van der Waals surface area contributed by atoms with Crippen LogP contribution in [0.2, 0.25) is 0 Å². The third kappa shape index (κ3) is 3.77. The van der Waals surface area contributed by atoms with E-state index in [0.717, 1.165) is 5.76 Å². The number of piperidine rings is 1. The van der Waals surface area contributed by atoms with Crippen LogP contribution in [0.5, 0.6) is 0 Å². The fourth-order valence-electron chi connectivity index (χ4n) is 2.50. The number of hydrogen-bond acceptors (Lipinski definition) is 3. The number of carbonyl (C=O) groups excluding carboxylic acids is 1. The molecule has 1 fully saturated rings. The molecule has 2 N–H and O–H groups in total. The molecule has 21 heavy (non-hydrogen) atoms. The van der Waals surface area contributed by atoms with Gasteiger partial charge in [0.15, 0.2) is 0 Å². The van der Waals surface area contributed by atoms with E-state index in [9.17, 15) is 14.7 Å². The van der Waals surface area contributed by atoms with Crippen molar-refractivity contribution >= 4 is 12.0 Å². The predicted octanol–water partition coefficient (Wildman–Crippen LogP) is 2.11. The molecule has 6 nitrogen and oxygen atoms in total. The second kappa shape index (κ2) is 6.20. The standard InChI is InChI=1S/C15H22N2O4/c1-11(10-12-4-3-9-21-12)16-14(20)17-7-5-15(2,6-8-17)13(18)19/h3-4,9,11H,5-8,10H2,1-2H3,(H,16,20)(H,18,19). The summed E-state index contributed by atoms with van der Waals surface area (Å²) in [4.78, 5) is 25.0. The van der Waals surface area contributed by atoms with Crippen molar-refractivity contribution in [2.24, 2.45) is 5.41 Å². The molecule has 6 heteroatoms. The quantitative estimate of drug-likeness (QED) is 0.891. The summed E-state index contributed by atoms with van der Waals surface area (Å²) in [6.07, 6.45) is 3.23. The van der Waals surface area contributed by atoms with Gasteiger partial charge < -0.3 is 19.7 Å². The maximum absolute atomic E-state index is 12.2.